The molecule has 2 heterocycles. The molecule has 1 aromatic rings. The van der Waals surface area contributed by atoms with Crippen LogP contribution in [0, 0.1) is 11.6 Å². The second kappa shape index (κ2) is 4.74. The number of anilines is 1. The van der Waals surface area contributed by atoms with Gasteiger partial charge in [-0.15, -0.1) is 0 Å². The minimum Gasteiger partial charge on any atom is -0.376 e. The summed E-state index contributed by atoms with van der Waals surface area (Å²) in [6, 6.07) is 0.785. The molecule has 0 saturated carbocycles. The van der Waals surface area contributed by atoms with E-state index in [9.17, 15) is 8.78 Å². The van der Waals surface area contributed by atoms with Crippen LogP contribution in [0.15, 0.2) is 12.3 Å². The molecule has 1 N–H and O–H groups in total. The zero-order valence-corrected chi connectivity index (χ0v) is 9.04. The molecule has 2 rings (SSSR count). The number of halogens is 2. The van der Waals surface area contributed by atoms with Crippen LogP contribution in [0.3, 0.4) is 0 Å². The van der Waals surface area contributed by atoms with Gasteiger partial charge in [-0.05, 0) is 19.8 Å². The van der Waals surface area contributed by atoms with Crippen molar-refractivity contribution in [1.29, 1.82) is 0 Å². The summed E-state index contributed by atoms with van der Waals surface area (Å²) < 4.78 is 31.4. The van der Waals surface area contributed by atoms with Gasteiger partial charge in [-0.25, -0.2) is 13.8 Å². The largest absolute Gasteiger partial charge is 0.376 e. The fourth-order valence-electron chi connectivity index (χ4n) is 1.83. The van der Waals surface area contributed by atoms with Crippen LogP contribution in [0.1, 0.15) is 19.8 Å². The van der Waals surface area contributed by atoms with Crippen LogP contribution in [-0.4, -0.2) is 23.7 Å². The van der Waals surface area contributed by atoms with Gasteiger partial charge in [0.05, 0.1) is 18.3 Å². The third kappa shape index (κ3) is 2.47. The molecule has 0 amide bonds. The van der Waals surface area contributed by atoms with Gasteiger partial charge in [-0.1, -0.05) is 0 Å². The molecule has 0 bridgehead atoms. The molecule has 0 radical (unpaired) electrons. The normalized spacial score (nSPS) is 22.1. The summed E-state index contributed by atoms with van der Waals surface area (Å²) in [5.41, 5.74) is 0. The maximum absolute atomic E-state index is 13.3. The average Bonchev–Trinajstić information content (AvgIpc) is 2.75. The van der Waals surface area contributed by atoms with Gasteiger partial charge in [0.2, 0.25) is 0 Å². The Morgan fingerprint density at radius 1 is 1.56 bits per heavy atom. The lowest BCUT2D eigenvalue weighted by molar-refractivity contribution is 0.0995. The van der Waals surface area contributed by atoms with Crippen molar-refractivity contribution < 1.29 is 13.5 Å². The lowest BCUT2D eigenvalue weighted by Crippen LogP contribution is -2.30. The highest BCUT2D eigenvalue weighted by Crippen LogP contribution is 2.19. The lowest BCUT2D eigenvalue weighted by Gasteiger charge is -2.20. The van der Waals surface area contributed by atoms with Gasteiger partial charge in [0.25, 0.3) is 0 Å². The number of ether oxygens (including phenoxy) is 1. The van der Waals surface area contributed by atoms with E-state index < -0.39 is 11.6 Å². The Kier molecular flexibility index (Phi) is 3.33. The van der Waals surface area contributed by atoms with Crippen LogP contribution < -0.4 is 5.32 Å². The Bertz CT molecular complexity index is 367. The molecular weight excluding hydrogens is 214 g/mol. The zero-order valence-electron chi connectivity index (χ0n) is 9.04. The first kappa shape index (κ1) is 11.3. The van der Waals surface area contributed by atoms with Gasteiger partial charge in [0.15, 0.2) is 11.6 Å². The molecule has 1 aliphatic heterocycles. The Morgan fingerprint density at radius 2 is 2.38 bits per heavy atom. The second-order valence-corrected chi connectivity index (χ2v) is 3.97. The number of nitrogens with zero attached hydrogens (tertiary/aromatic N) is 1. The van der Waals surface area contributed by atoms with Crippen LogP contribution in [0.2, 0.25) is 0 Å². The smallest absolute Gasteiger partial charge is 0.168 e. The molecule has 2 unspecified atom stereocenters. The lowest BCUT2D eigenvalue weighted by atomic mass is 10.1. The Morgan fingerprint density at radius 3 is 3.00 bits per heavy atom. The minimum absolute atomic E-state index is 0.0324. The third-order valence-corrected chi connectivity index (χ3v) is 2.69. The second-order valence-electron chi connectivity index (χ2n) is 3.97. The molecule has 0 spiro atoms. The molecular formula is C11H14F2N2O. The summed E-state index contributed by atoms with van der Waals surface area (Å²) in [7, 11) is 0. The van der Waals surface area contributed by atoms with Gasteiger partial charge in [0, 0.05) is 12.7 Å². The quantitative estimate of drug-likeness (QED) is 0.862. The summed E-state index contributed by atoms with van der Waals surface area (Å²) in [6.07, 6.45) is 3.05. The Labute approximate surface area is 92.8 Å². The number of pyridine rings is 1. The molecule has 1 saturated heterocycles. The number of hydrogen-bond donors (Lipinski definition) is 1. The summed E-state index contributed by atoms with van der Waals surface area (Å²) in [5, 5.41) is 2.90. The maximum atomic E-state index is 13.3. The van der Waals surface area contributed by atoms with Crippen molar-refractivity contribution in [1.82, 2.24) is 4.98 Å². The monoisotopic (exact) mass is 228 g/mol. The fraction of sp³-hybridized carbons (Fsp3) is 0.545. The van der Waals surface area contributed by atoms with E-state index in [-0.39, 0.29) is 18.0 Å². The molecule has 1 aliphatic rings. The van der Waals surface area contributed by atoms with E-state index >= 15 is 0 Å². The third-order valence-electron chi connectivity index (χ3n) is 2.69. The van der Waals surface area contributed by atoms with Crippen molar-refractivity contribution >= 4 is 5.82 Å². The van der Waals surface area contributed by atoms with Crippen LogP contribution in [0.5, 0.6) is 0 Å². The summed E-state index contributed by atoms with van der Waals surface area (Å²) in [4.78, 5) is 3.67. The predicted molar refractivity (Wildman–Crippen MR) is 56.2 cm³/mol. The van der Waals surface area contributed by atoms with Crippen molar-refractivity contribution in [3.05, 3.63) is 23.9 Å². The first-order chi connectivity index (χ1) is 7.66. The first-order valence-corrected chi connectivity index (χ1v) is 5.36. The van der Waals surface area contributed by atoms with Crippen molar-refractivity contribution in [2.24, 2.45) is 0 Å². The highest BCUT2D eigenvalue weighted by atomic mass is 19.1. The summed E-state index contributed by atoms with van der Waals surface area (Å²) in [5.74, 6) is -1.28. The number of rotatable bonds is 3. The van der Waals surface area contributed by atoms with Gasteiger partial charge < -0.3 is 10.1 Å². The summed E-state index contributed by atoms with van der Waals surface area (Å²) >= 11 is 0. The van der Waals surface area contributed by atoms with E-state index in [1.54, 1.807) is 0 Å². The van der Waals surface area contributed by atoms with Crippen LogP contribution >= 0.6 is 0 Å². The fourth-order valence-corrected chi connectivity index (χ4v) is 1.83. The first-order valence-electron chi connectivity index (χ1n) is 5.36. The van der Waals surface area contributed by atoms with Crippen molar-refractivity contribution in [2.45, 2.75) is 31.9 Å². The SMILES string of the molecule is CC(Nc1ncc(F)cc1F)C1CCCO1. The summed E-state index contributed by atoms with van der Waals surface area (Å²) in [6.45, 7) is 2.65. The number of nitrogens with one attached hydrogen (secondary N) is 1. The molecule has 5 heteroatoms. The van der Waals surface area contributed by atoms with Gasteiger partial charge in [-0.2, -0.15) is 0 Å². The number of hydrogen-bond acceptors (Lipinski definition) is 3. The van der Waals surface area contributed by atoms with E-state index in [2.05, 4.69) is 10.3 Å². The van der Waals surface area contributed by atoms with Crippen molar-refractivity contribution in [2.75, 3.05) is 11.9 Å². The molecule has 16 heavy (non-hydrogen) atoms. The highest BCUT2D eigenvalue weighted by Gasteiger charge is 2.23. The maximum Gasteiger partial charge on any atom is 0.168 e. The molecule has 0 aromatic carbocycles. The van der Waals surface area contributed by atoms with Crippen LogP contribution in [0.4, 0.5) is 14.6 Å². The molecule has 1 fully saturated rings. The van der Waals surface area contributed by atoms with Crippen molar-refractivity contribution in [3.63, 3.8) is 0 Å². The van der Waals surface area contributed by atoms with E-state index in [1.807, 2.05) is 6.92 Å². The topological polar surface area (TPSA) is 34.2 Å². The Balaban J connectivity index is 2.02. The van der Waals surface area contributed by atoms with E-state index in [4.69, 9.17) is 4.74 Å². The Hall–Kier alpha value is -1.23. The van der Waals surface area contributed by atoms with Crippen molar-refractivity contribution in [3.8, 4) is 0 Å². The molecule has 88 valence electrons. The number of aromatic nitrogens is 1. The zero-order chi connectivity index (χ0) is 11.5. The van der Waals surface area contributed by atoms with E-state index in [1.165, 1.54) is 0 Å². The molecule has 2 atom stereocenters. The van der Waals surface area contributed by atoms with Crippen LogP contribution in [0.25, 0.3) is 0 Å². The van der Waals surface area contributed by atoms with Gasteiger partial charge in [0.1, 0.15) is 5.82 Å². The average molecular weight is 228 g/mol. The van der Waals surface area contributed by atoms with E-state index in [0.29, 0.717) is 0 Å². The highest BCUT2D eigenvalue weighted by molar-refractivity contribution is 5.37. The van der Waals surface area contributed by atoms with E-state index in [0.717, 1.165) is 31.7 Å². The standard InChI is InChI=1S/C11H14F2N2O/c1-7(10-3-2-4-16-10)15-11-9(13)5-8(12)6-14-11/h5-7,10H,2-4H2,1H3,(H,14,15). The van der Waals surface area contributed by atoms with Crippen LogP contribution in [-0.2, 0) is 4.74 Å². The predicted octanol–water partition coefficient (Wildman–Crippen LogP) is 2.34. The van der Waals surface area contributed by atoms with Gasteiger partial charge >= 0.3 is 0 Å². The minimum atomic E-state index is -0.676. The molecule has 3 nitrogen and oxygen atoms in total. The molecule has 1 aromatic heterocycles. The van der Waals surface area contributed by atoms with Gasteiger partial charge in [-0.3, -0.25) is 0 Å². The molecule has 0 aliphatic carbocycles.